The lowest BCUT2D eigenvalue weighted by Gasteiger charge is -2.40. The summed E-state index contributed by atoms with van der Waals surface area (Å²) in [7, 11) is 0. The van der Waals surface area contributed by atoms with Crippen molar-refractivity contribution < 1.29 is 0 Å². The zero-order chi connectivity index (χ0) is 21.2. The Labute approximate surface area is 175 Å². The zero-order valence-corrected chi connectivity index (χ0v) is 19.7. The summed E-state index contributed by atoms with van der Waals surface area (Å²) < 4.78 is 0. The predicted molar refractivity (Wildman–Crippen MR) is 123 cm³/mol. The van der Waals surface area contributed by atoms with Crippen LogP contribution in [0.25, 0.3) is 0 Å². The van der Waals surface area contributed by atoms with Gasteiger partial charge in [0.2, 0.25) is 0 Å². The predicted octanol–water partition coefficient (Wildman–Crippen LogP) is 1.60. The smallest absolute Gasteiger partial charge is 0.0140 e. The number of nitrogens with zero attached hydrogens (tertiary/aromatic N) is 2. The third-order valence-corrected chi connectivity index (χ3v) is 6.16. The van der Waals surface area contributed by atoms with Crippen molar-refractivity contribution in [2.75, 3.05) is 52.4 Å². The standard InChI is InChI=1S/C22H50N6/c1-19-17-21(3,4)25-12-16-28(14-8-10-24)20(2)18-22(5,6)26-11-15-27(19)13-7-9-23/h19-20,25-26H,7-18,23-24H2,1-6H3/t19-,20-/m1/s1. The molecule has 0 bridgehead atoms. The summed E-state index contributed by atoms with van der Waals surface area (Å²) in [6.45, 7) is 22.0. The molecule has 6 nitrogen and oxygen atoms in total. The van der Waals surface area contributed by atoms with Crippen LogP contribution in [0.5, 0.6) is 0 Å². The minimum Gasteiger partial charge on any atom is -0.330 e. The fraction of sp³-hybridized carbons (Fsp3) is 1.00. The highest BCUT2D eigenvalue weighted by Crippen LogP contribution is 2.19. The lowest BCUT2D eigenvalue weighted by atomic mass is 9.93. The van der Waals surface area contributed by atoms with Crippen LogP contribution in [0.3, 0.4) is 0 Å². The molecule has 6 heteroatoms. The quantitative estimate of drug-likeness (QED) is 0.544. The molecule has 1 heterocycles. The third-order valence-electron chi connectivity index (χ3n) is 6.16. The van der Waals surface area contributed by atoms with E-state index >= 15 is 0 Å². The Morgan fingerprint density at radius 2 is 1.11 bits per heavy atom. The van der Waals surface area contributed by atoms with Gasteiger partial charge in [-0.15, -0.1) is 0 Å². The van der Waals surface area contributed by atoms with E-state index in [9.17, 15) is 0 Å². The third kappa shape index (κ3) is 9.99. The van der Waals surface area contributed by atoms with Gasteiger partial charge in [-0.3, -0.25) is 9.80 Å². The fourth-order valence-electron chi connectivity index (χ4n) is 4.65. The number of hydrogen-bond donors (Lipinski definition) is 4. The van der Waals surface area contributed by atoms with E-state index in [-0.39, 0.29) is 11.1 Å². The van der Waals surface area contributed by atoms with Crippen molar-refractivity contribution >= 4 is 0 Å². The van der Waals surface area contributed by atoms with Gasteiger partial charge in [0, 0.05) is 49.3 Å². The van der Waals surface area contributed by atoms with Crippen molar-refractivity contribution in [1.29, 1.82) is 0 Å². The van der Waals surface area contributed by atoms with Crippen molar-refractivity contribution in [3.05, 3.63) is 0 Å². The molecule has 0 saturated carbocycles. The van der Waals surface area contributed by atoms with E-state index in [1.807, 2.05) is 0 Å². The largest absolute Gasteiger partial charge is 0.330 e. The molecule has 0 aromatic heterocycles. The van der Waals surface area contributed by atoms with Crippen LogP contribution >= 0.6 is 0 Å². The lowest BCUT2D eigenvalue weighted by molar-refractivity contribution is 0.132. The van der Waals surface area contributed by atoms with Gasteiger partial charge in [-0.05, 0) is 93.4 Å². The summed E-state index contributed by atoms with van der Waals surface area (Å²) in [5, 5.41) is 7.66. The van der Waals surface area contributed by atoms with Crippen molar-refractivity contribution in [1.82, 2.24) is 20.4 Å². The molecule has 0 aliphatic carbocycles. The molecule has 2 atom stereocenters. The first kappa shape index (κ1) is 25.8. The average molecular weight is 399 g/mol. The minimum absolute atomic E-state index is 0.125. The Kier molecular flexibility index (Phi) is 11.5. The maximum Gasteiger partial charge on any atom is 0.0140 e. The van der Waals surface area contributed by atoms with Crippen molar-refractivity contribution in [2.45, 2.75) is 90.4 Å². The number of nitrogens with two attached hydrogens (primary N) is 2. The van der Waals surface area contributed by atoms with Gasteiger partial charge in [0.15, 0.2) is 0 Å². The van der Waals surface area contributed by atoms with E-state index in [4.69, 9.17) is 11.5 Å². The van der Waals surface area contributed by atoms with Gasteiger partial charge in [-0.1, -0.05) is 0 Å². The topological polar surface area (TPSA) is 82.6 Å². The van der Waals surface area contributed by atoms with Crippen LogP contribution in [-0.2, 0) is 0 Å². The molecule has 1 saturated heterocycles. The van der Waals surface area contributed by atoms with Gasteiger partial charge in [-0.2, -0.15) is 0 Å². The lowest BCUT2D eigenvalue weighted by Crippen LogP contribution is -2.53. The second-order valence-corrected chi connectivity index (χ2v) is 10.1. The van der Waals surface area contributed by atoms with Crippen LogP contribution in [-0.4, -0.2) is 85.3 Å². The van der Waals surface area contributed by atoms with Gasteiger partial charge < -0.3 is 22.1 Å². The van der Waals surface area contributed by atoms with Crippen molar-refractivity contribution in [2.24, 2.45) is 11.5 Å². The molecule has 1 rings (SSSR count). The Bertz CT molecular complexity index is 374. The average Bonchev–Trinajstić information content (AvgIpc) is 2.58. The van der Waals surface area contributed by atoms with E-state index in [0.717, 1.165) is 78.0 Å². The first-order valence-corrected chi connectivity index (χ1v) is 11.5. The van der Waals surface area contributed by atoms with Crippen LogP contribution in [0, 0.1) is 0 Å². The molecule has 0 radical (unpaired) electrons. The summed E-state index contributed by atoms with van der Waals surface area (Å²) >= 11 is 0. The van der Waals surface area contributed by atoms with Gasteiger partial charge in [-0.25, -0.2) is 0 Å². The summed E-state index contributed by atoms with van der Waals surface area (Å²) in [6, 6.07) is 1.07. The Balaban J connectivity index is 2.88. The van der Waals surface area contributed by atoms with Gasteiger partial charge >= 0.3 is 0 Å². The summed E-state index contributed by atoms with van der Waals surface area (Å²) in [6.07, 6.45) is 4.40. The summed E-state index contributed by atoms with van der Waals surface area (Å²) in [5.74, 6) is 0. The SMILES string of the molecule is C[C@@H]1CC(C)(C)NCCN(CCCN)[C@H](C)CC(C)(C)NCCN1CCCN. The van der Waals surface area contributed by atoms with Crippen molar-refractivity contribution in [3.8, 4) is 0 Å². The molecular formula is C22H50N6. The molecule has 1 aliphatic rings. The molecule has 1 aliphatic heterocycles. The maximum atomic E-state index is 5.79. The van der Waals surface area contributed by atoms with E-state index in [1.54, 1.807) is 0 Å². The molecule has 0 aromatic rings. The Morgan fingerprint density at radius 1 is 0.750 bits per heavy atom. The van der Waals surface area contributed by atoms with Gasteiger partial charge in [0.25, 0.3) is 0 Å². The monoisotopic (exact) mass is 398 g/mol. The van der Waals surface area contributed by atoms with Gasteiger partial charge in [0.1, 0.15) is 0 Å². The maximum absolute atomic E-state index is 5.79. The molecule has 0 unspecified atom stereocenters. The first-order valence-electron chi connectivity index (χ1n) is 11.5. The minimum atomic E-state index is 0.125. The fourth-order valence-corrected chi connectivity index (χ4v) is 4.65. The van der Waals surface area contributed by atoms with Crippen LogP contribution < -0.4 is 22.1 Å². The highest BCUT2D eigenvalue weighted by molar-refractivity contribution is 4.88. The zero-order valence-electron chi connectivity index (χ0n) is 19.7. The van der Waals surface area contributed by atoms with Crippen molar-refractivity contribution in [3.63, 3.8) is 0 Å². The van der Waals surface area contributed by atoms with E-state index in [1.165, 1.54) is 0 Å². The Hall–Kier alpha value is -0.240. The molecule has 1 fully saturated rings. The van der Waals surface area contributed by atoms with E-state index in [0.29, 0.717) is 12.1 Å². The summed E-state index contributed by atoms with van der Waals surface area (Å²) in [5.41, 5.74) is 11.8. The summed E-state index contributed by atoms with van der Waals surface area (Å²) in [4.78, 5) is 5.23. The molecule has 28 heavy (non-hydrogen) atoms. The molecule has 6 N–H and O–H groups in total. The van der Waals surface area contributed by atoms with E-state index < -0.39 is 0 Å². The second-order valence-electron chi connectivity index (χ2n) is 10.1. The highest BCUT2D eigenvalue weighted by Gasteiger charge is 2.28. The van der Waals surface area contributed by atoms with E-state index in [2.05, 4.69) is 62.0 Å². The number of rotatable bonds is 6. The molecule has 168 valence electrons. The van der Waals surface area contributed by atoms with Crippen LogP contribution in [0.2, 0.25) is 0 Å². The molecule has 0 spiro atoms. The van der Waals surface area contributed by atoms with Crippen LogP contribution in [0.15, 0.2) is 0 Å². The second kappa shape index (κ2) is 12.5. The normalized spacial score (nSPS) is 28.7. The number of nitrogens with one attached hydrogen (secondary N) is 2. The van der Waals surface area contributed by atoms with Crippen LogP contribution in [0.4, 0.5) is 0 Å². The molecular weight excluding hydrogens is 348 g/mol. The van der Waals surface area contributed by atoms with Crippen LogP contribution in [0.1, 0.15) is 67.2 Å². The Morgan fingerprint density at radius 3 is 1.43 bits per heavy atom. The van der Waals surface area contributed by atoms with Gasteiger partial charge in [0.05, 0.1) is 0 Å². The first-order chi connectivity index (χ1) is 13.1. The molecule has 0 amide bonds. The highest BCUT2D eigenvalue weighted by atomic mass is 15.2. The molecule has 0 aromatic carbocycles. The number of hydrogen-bond acceptors (Lipinski definition) is 6.